The van der Waals surface area contributed by atoms with Crippen LogP contribution in [-0.2, 0) is 16.1 Å². The molecule has 3 atom stereocenters. The first-order chi connectivity index (χ1) is 14.2. The SMILES string of the molecule is CN(C[C@H]1CCN(C(=O)[C@@H]2C[C@H](S)CN2C)C1)C(=O)OCc1ccc([N+](=O)[O-])cc1. The molecular formula is C20H28N4O5S. The van der Waals surface area contributed by atoms with Crippen molar-refractivity contribution in [2.24, 2.45) is 5.92 Å². The van der Waals surface area contributed by atoms with Crippen LogP contribution in [0.25, 0.3) is 0 Å². The Morgan fingerprint density at radius 3 is 2.60 bits per heavy atom. The van der Waals surface area contributed by atoms with Crippen molar-refractivity contribution in [3.63, 3.8) is 0 Å². The van der Waals surface area contributed by atoms with Gasteiger partial charge in [-0.2, -0.15) is 12.6 Å². The minimum absolute atomic E-state index is 0.00350. The van der Waals surface area contributed by atoms with Gasteiger partial charge in [0.2, 0.25) is 5.91 Å². The van der Waals surface area contributed by atoms with Crippen molar-refractivity contribution >= 4 is 30.3 Å². The summed E-state index contributed by atoms with van der Waals surface area (Å²) in [6.45, 7) is 2.73. The second-order valence-corrected chi connectivity index (χ2v) is 8.87. The summed E-state index contributed by atoms with van der Waals surface area (Å²) in [7, 11) is 3.64. The summed E-state index contributed by atoms with van der Waals surface area (Å²) in [5, 5.41) is 10.9. The quantitative estimate of drug-likeness (QED) is 0.416. The van der Waals surface area contributed by atoms with E-state index >= 15 is 0 Å². The maximum Gasteiger partial charge on any atom is 0.409 e. The Morgan fingerprint density at radius 1 is 1.30 bits per heavy atom. The molecule has 2 aliphatic heterocycles. The number of ether oxygens (including phenoxy) is 1. The van der Waals surface area contributed by atoms with Gasteiger partial charge in [-0.15, -0.1) is 0 Å². The lowest BCUT2D eigenvalue weighted by Crippen LogP contribution is -2.43. The number of nitrogens with zero attached hydrogens (tertiary/aromatic N) is 4. The largest absolute Gasteiger partial charge is 0.445 e. The number of carbonyl (C=O) groups is 2. The summed E-state index contributed by atoms with van der Waals surface area (Å²) in [6, 6.07) is 5.81. The van der Waals surface area contributed by atoms with Crippen LogP contribution in [0.4, 0.5) is 10.5 Å². The summed E-state index contributed by atoms with van der Waals surface area (Å²) in [5.74, 6) is 0.365. The first-order valence-electron chi connectivity index (χ1n) is 10.0. The van der Waals surface area contributed by atoms with E-state index in [1.807, 2.05) is 11.9 Å². The van der Waals surface area contributed by atoms with Crippen molar-refractivity contribution in [3.05, 3.63) is 39.9 Å². The number of hydrogen-bond acceptors (Lipinski definition) is 7. The maximum atomic E-state index is 12.8. The van der Waals surface area contributed by atoms with E-state index in [0.717, 1.165) is 19.4 Å². The van der Waals surface area contributed by atoms with Gasteiger partial charge in [-0.1, -0.05) is 0 Å². The fourth-order valence-electron chi connectivity index (χ4n) is 4.08. The van der Waals surface area contributed by atoms with Crippen LogP contribution < -0.4 is 0 Å². The molecule has 2 fully saturated rings. The lowest BCUT2D eigenvalue weighted by Gasteiger charge is -2.25. The summed E-state index contributed by atoms with van der Waals surface area (Å²) < 4.78 is 5.30. The standard InChI is InChI=1S/C20H28N4O5S/c1-21-12-17(30)9-18(21)19(25)23-8-7-15(11-23)10-22(2)20(26)29-13-14-3-5-16(6-4-14)24(27)28/h3-6,15,17-18,30H,7-13H2,1-2H3/t15-,17+,18+/m1/s1. The first kappa shape index (κ1) is 22.4. The number of likely N-dealkylation sites (N-methyl/N-ethyl adjacent to an activating group) is 1. The highest BCUT2D eigenvalue weighted by molar-refractivity contribution is 7.81. The molecule has 2 aliphatic rings. The third kappa shape index (κ3) is 5.42. The highest BCUT2D eigenvalue weighted by Crippen LogP contribution is 2.25. The molecule has 0 aliphatic carbocycles. The second kappa shape index (κ2) is 9.65. The number of likely N-dealkylation sites (tertiary alicyclic amines) is 2. The molecule has 0 saturated carbocycles. The number of carbonyl (C=O) groups excluding carboxylic acids is 2. The number of hydrogen-bond donors (Lipinski definition) is 1. The van der Waals surface area contributed by atoms with Crippen molar-refractivity contribution in [3.8, 4) is 0 Å². The fraction of sp³-hybridized carbons (Fsp3) is 0.600. The van der Waals surface area contributed by atoms with Crippen LogP contribution >= 0.6 is 12.6 Å². The van der Waals surface area contributed by atoms with Gasteiger partial charge in [0.1, 0.15) is 6.61 Å². The third-order valence-corrected chi connectivity index (χ3v) is 6.14. The Bertz CT molecular complexity index is 790. The van der Waals surface area contributed by atoms with Crippen LogP contribution in [0.2, 0.25) is 0 Å². The highest BCUT2D eigenvalue weighted by atomic mass is 32.1. The molecule has 0 N–H and O–H groups in total. The van der Waals surface area contributed by atoms with Gasteiger partial charge in [0.15, 0.2) is 0 Å². The monoisotopic (exact) mass is 436 g/mol. The molecule has 164 valence electrons. The van der Waals surface area contributed by atoms with Crippen LogP contribution in [0.5, 0.6) is 0 Å². The number of nitro groups is 1. The van der Waals surface area contributed by atoms with Gasteiger partial charge in [0, 0.05) is 50.6 Å². The van der Waals surface area contributed by atoms with Crippen LogP contribution in [0.3, 0.4) is 0 Å². The van der Waals surface area contributed by atoms with Gasteiger partial charge in [0.05, 0.1) is 11.0 Å². The molecule has 10 heteroatoms. The Labute approximate surface area is 181 Å². The van der Waals surface area contributed by atoms with E-state index in [1.54, 1.807) is 19.2 Å². The fourth-order valence-corrected chi connectivity index (χ4v) is 4.54. The smallest absolute Gasteiger partial charge is 0.409 e. The predicted octanol–water partition coefficient (Wildman–Crippen LogP) is 2.01. The summed E-state index contributed by atoms with van der Waals surface area (Å²) in [4.78, 5) is 40.8. The van der Waals surface area contributed by atoms with Crippen molar-refractivity contribution in [2.75, 3.05) is 40.3 Å². The molecule has 9 nitrogen and oxygen atoms in total. The van der Waals surface area contributed by atoms with Crippen molar-refractivity contribution in [1.29, 1.82) is 0 Å². The molecule has 0 radical (unpaired) electrons. The maximum absolute atomic E-state index is 12.8. The van der Waals surface area contributed by atoms with Crippen molar-refractivity contribution < 1.29 is 19.2 Å². The summed E-state index contributed by atoms with van der Waals surface area (Å²) >= 11 is 4.49. The number of thiol groups is 1. The van der Waals surface area contributed by atoms with Crippen LogP contribution in [0, 0.1) is 16.0 Å². The normalized spacial score (nSPS) is 24.1. The lowest BCUT2D eigenvalue weighted by atomic mass is 10.1. The highest BCUT2D eigenvalue weighted by Gasteiger charge is 2.38. The van der Waals surface area contributed by atoms with Gasteiger partial charge in [-0.3, -0.25) is 19.8 Å². The van der Waals surface area contributed by atoms with Gasteiger partial charge in [-0.25, -0.2) is 4.79 Å². The van der Waals surface area contributed by atoms with E-state index in [4.69, 9.17) is 4.74 Å². The van der Waals surface area contributed by atoms with Crippen molar-refractivity contribution in [1.82, 2.24) is 14.7 Å². The Morgan fingerprint density at radius 2 is 2.00 bits per heavy atom. The zero-order chi connectivity index (χ0) is 21.8. The Hall–Kier alpha value is -2.33. The van der Waals surface area contributed by atoms with Crippen LogP contribution in [-0.4, -0.2) is 83.2 Å². The number of benzene rings is 1. The van der Waals surface area contributed by atoms with Crippen LogP contribution in [0.15, 0.2) is 24.3 Å². The number of nitro benzene ring substituents is 1. The molecule has 2 saturated heterocycles. The van der Waals surface area contributed by atoms with E-state index in [2.05, 4.69) is 17.5 Å². The average Bonchev–Trinajstić information content (AvgIpc) is 3.31. The summed E-state index contributed by atoms with van der Waals surface area (Å²) in [5.41, 5.74) is 0.680. The topological polar surface area (TPSA) is 96.2 Å². The molecular weight excluding hydrogens is 408 g/mol. The van der Waals surface area contributed by atoms with Gasteiger partial charge in [0.25, 0.3) is 5.69 Å². The molecule has 0 aromatic heterocycles. The molecule has 0 spiro atoms. The number of rotatable bonds is 6. The molecule has 0 bridgehead atoms. The number of amides is 2. The van der Waals surface area contributed by atoms with Gasteiger partial charge >= 0.3 is 6.09 Å². The molecule has 2 amide bonds. The molecule has 2 heterocycles. The number of non-ortho nitro benzene ring substituents is 1. The zero-order valence-corrected chi connectivity index (χ0v) is 18.2. The molecule has 1 aromatic rings. The molecule has 0 unspecified atom stereocenters. The summed E-state index contributed by atoms with van der Waals surface area (Å²) in [6.07, 6.45) is 1.17. The predicted molar refractivity (Wildman–Crippen MR) is 114 cm³/mol. The molecule has 30 heavy (non-hydrogen) atoms. The Balaban J connectivity index is 1.43. The molecule has 3 rings (SSSR count). The van der Waals surface area contributed by atoms with Gasteiger partial charge in [-0.05, 0) is 43.5 Å². The first-order valence-corrected chi connectivity index (χ1v) is 10.5. The van der Waals surface area contributed by atoms with Crippen LogP contribution in [0.1, 0.15) is 18.4 Å². The minimum Gasteiger partial charge on any atom is -0.445 e. The van der Waals surface area contributed by atoms with E-state index in [9.17, 15) is 19.7 Å². The Kier molecular flexibility index (Phi) is 7.19. The van der Waals surface area contributed by atoms with Crippen molar-refractivity contribution in [2.45, 2.75) is 30.7 Å². The minimum atomic E-state index is -0.472. The molecule has 1 aromatic carbocycles. The lowest BCUT2D eigenvalue weighted by molar-refractivity contribution is -0.384. The van der Waals surface area contributed by atoms with Gasteiger partial charge < -0.3 is 14.5 Å². The second-order valence-electron chi connectivity index (χ2n) is 8.14. The average molecular weight is 437 g/mol. The third-order valence-electron chi connectivity index (χ3n) is 5.76. The van der Waals surface area contributed by atoms with E-state index in [1.165, 1.54) is 17.0 Å². The zero-order valence-electron chi connectivity index (χ0n) is 17.3. The van der Waals surface area contributed by atoms with E-state index < -0.39 is 11.0 Å². The van der Waals surface area contributed by atoms with E-state index in [0.29, 0.717) is 25.2 Å². The van der Waals surface area contributed by atoms with E-state index in [-0.39, 0.29) is 35.4 Å².